The highest BCUT2D eigenvalue weighted by Gasteiger charge is 2.22. The van der Waals surface area contributed by atoms with Crippen LogP contribution in [-0.2, 0) is 4.79 Å². The number of hydrogen-bond donors (Lipinski definition) is 3. The summed E-state index contributed by atoms with van der Waals surface area (Å²) in [5, 5.41) is 10.0. The molecule has 1 amide bonds. The Morgan fingerprint density at radius 2 is 2.00 bits per heavy atom. The van der Waals surface area contributed by atoms with Crippen LogP contribution < -0.4 is 16.0 Å². The Hall–Kier alpha value is -0.610. The summed E-state index contributed by atoms with van der Waals surface area (Å²) in [4.78, 5) is 11.5. The van der Waals surface area contributed by atoms with Crippen molar-refractivity contribution in [3.8, 4) is 0 Å². The van der Waals surface area contributed by atoms with Crippen LogP contribution >= 0.6 is 0 Å². The fourth-order valence-electron chi connectivity index (χ4n) is 2.31. The van der Waals surface area contributed by atoms with Crippen molar-refractivity contribution in [1.29, 1.82) is 0 Å². The standard InChI is InChI=1S/C13H25N3O/c17-13(16-12-5-6-12)4-2-9-15-11-3-1-8-14-10-7-11/h11-12,14-15H,1-10H2,(H,16,17). The minimum Gasteiger partial charge on any atom is -0.353 e. The molecule has 2 rings (SSSR count). The molecule has 2 fully saturated rings. The van der Waals surface area contributed by atoms with Gasteiger partial charge in [-0.05, 0) is 58.2 Å². The number of rotatable bonds is 6. The van der Waals surface area contributed by atoms with E-state index in [0.717, 1.165) is 26.1 Å². The van der Waals surface area contributed by atoms with E-state index >= 15 is 0 Å². The van der Waals surface area contributed by atoms with E-state index in [1.54, 1.807) is 0 Å². The van der Waals surface area contributed by atoms with E-state index in [1.165, 1.54) is 32.1 Å². The molecule has 1 atom stereocenters. The summed E-state index contributed by atoms with van der Waals surface area (Å²) >= 11 is 0. The lowest BCUT2D eigenvalue weighted by Gasteiger charge is -2.15. The molecular formula is C13H25N3O. The fraction of sp³-hybridized carbons (Fsp3) is 0.923. The zero-order chi connectivity index (χ0) is 11.9. The number of carbonyl (C=O) groups excluding carboxylic acids is 1. The first-order chi connectivity index (χ1) is 8.34. The molecule has 4 nitrogen and oxygen atoms in total. The van der Waals surface area contributed by atoms with Gasteiger partial charge in [0.15, 0.2) is 0 Å². The second kappa shape index (κ2) is 6.97. The lowest BCUT2D eigenvalue weighted by atomic mass is 10.1. The van der Waals surface area contributed by atoms with Gasteiger partial charge in [0.1, 0.15) is 0 Å². The maximum atomic E-state index is 11.5. The number of nitrogens with one attached hydrogen (secondary N) is 3. The fourth-order valence-corrected chi connectivity index (χ4v) is 2.31. The molecule has 17 heavy (non-hydrogen) atoms. The molecule has 4 heteroatoms. The lowest BCUT2D eigenvalue weighted by molar-refractivity contribution is -0.121. The molecular weight excluding hydrogens is 214 g/mol. The summed E-state index contributed by atoms with van der Waals surface area (Å²) in [6.45, 7) is 3.25. The third-order valence-corrected chi connectivity index (χ3v) is 3.53. The van der Waals surface area contributed by atoms with E-state index in [1.807, 2.05) is 0 Å². The summed E-state index contributed by atoms with van der Waals surface area (Å²) in [5.41, 5.74) is 0. The Balaban J connectivity index is 1.48. The van der Waals surface area contributed by atoms with Crippen molar-refractivity contribution in [2.75, 3.05) is 19.6 Å². The molecule has 1 saturated carbocycles. The molecule has 0 bridgehead atoms. The van der Waals surface area contributed by atoms with E-state index in [2.05, 4.69) is 16.0 Å². The van der Waals surface area contributed by atoms with Crippen LogP contribution in [0.3, 0.4) is 0 Å². The first-order valence-electron chi connectivity index (χ1n) is 7.08. The van der Waals surface area contributed by atoms with Gasteiger partial charge in [0, 0.05) is 18.5 Å². The van der Waals surface area contributed by atoms with Gasteiger partial charge in [-0.3, -0.25) is 4.79 Å². The summed E-state index contributed by atoms with van der Waals surface area (Å²) in [5.74, 6) is 0.233. The highest BCUT2D eigenvalue weighted by Crippen LogP contribution is 2.18. The van der Waals surface area contributed by atoms with Crippen molar-refractivity contribution in [2.45, 2.75) is 57.0 Å². The van der Waals surface area contributed by atoms with Crippen LogP contribution in [0.4, 0.5) is 0 Å². The third-order valence-electron chi connectivity index (χ3n) is 3.53. The average molecular weight is 239 g/mol. The van der Waals surface area contributed by atoms with Gasteiger partial charge in [-0.15, -0.1) is 0 Å². The van der Waals surface area contributed by atoms with E-state index in [-0.39, 0.29) is 5.91 Å². The zero-order valence-corrected chi connectivity index (χ0v) is 10.6. The van der Waals surface area contributed by atoms with Gasteiger partial charge in [-0.1, -0.05) is 0 Å². The van der Waals surface area contributed by atoms with Gasteiger partial charge in [0.05, 0.1) is 0 Å². The van der Waals surface area contributed by atoms with Crippen LogP contribution in [0.2, 0.25) is 0 Å². The molecule has 98 valence electrons. The second-order valence-electron chi connectivity index (χ2n) is 5.28. The molecule has 1 aliphatic carbocycles. The number of hydrogen-bond acceptors (Lipinski definition) is 3. The van der Waals surface area contributed by atoms with Crippen LogP contribution in [0.1, 0.15) is 44.9 Å². The van der Waals surface area contributed by atoms with Crippen molar-refractivity contribution < 1.29 is 4.79 Å². The first kappa shape index (κ1) is 12.8. The molecule has 0 aromatic carbocycles. The molecule has 0 spiro atoms. The van der Waals surface area contributed by atoms with Gasteiger partial charge in [-0.25, -0.2) is 0 Å². The minimum absolute atomic E-state index is 0.233. The molecule has 1 heterocycles. The van der Waals surface area contributed by atoms with E-state index in [9.17, 15) is 4.79 Å². The highest BCUT2D eigenvalue weighted by atomic mass is 16.1. The number of carbonyl (C=O) groups is 1. The minimum atomic E-state index is 0.233. The Labute approximate surface area is 104 Å². The maximum absolute atomic E-state index is 11.5. The molecule has 2 aliphatic rings. The van der Waals surface area contributed by atoms with E-state index in [0.29, 0.717) is 18.5 Å². The van der Waals surface area contributed by atoms with Crippen molar-refractivity contribution in [3.63, 3.8) is 0 Å². The molecule has 0 aromatic heterocycles. The monoisotopic (exact) mass is 239 g/mol. The Morgan fingerprint density at radius 1 is 1.12 bits per heavy atom. The normalized spacial score (nSPS) is 25.3. The molecule has 3 N–H and O–H groups in total. The molecule has 0 radical (unpaired) electrons. The quantitative estimate of drug-likeness (QED) is 0.600. The van der Waals surface area contributed by atoms with Crippen LogP contribution in [0.15, 0.2) is 0 Å². The smallest absolute Gasteiger partial charge is 0.220 e. The third kappa shape index (κ3) is 5.50. The van der Waals surface area contributed by atoms with Gasteiger partial charge in [0.25, 0.3) is 0 Å². The summed E-state index contributed by atoms with van der Waals surface area (Å²) in [6, 6.07) is 1.15. The van der Waals surface area contributed by atoms with E-state index < -0.39 is 0 Å². The number of amides is 1. The van der Waals surface area contributed by atoms with Gasteiger partial charge in [-0.2, -0.15) is 0 Å². The predicted molar refractivity (Wildman–Crippen MR) is 68.9 cm³/mol. The van der Waals surface area contributed by atoms with Gasteiger partial charge < -0.3 is 16.0 Å². The molecule has 0 aromatic rings. The maximum Gasteiger partial charge on any atom is 0.220 e. The molecule has 1 unspecified atom stereocenters. The predicted octanol–water partition coefficient (Wildman–Crippen LogP) is 0.777. The van der Waals surface area contributed by atoms with Crippen molar-refractivity contribution in [3.05, 3.63) is 0 Å². The Kier molecular flexibility index (Phi) is 5.26. The van der Waals surface area contributed by atoms with Gasteiger partial charge in [0.2, 0.25) is 5.91 Å². The van der Waals surface area contributed by atoms with Crippen molar-refractivity contribution >= 4 is 5.91 Å². The van der Waals surface area contributed by atoms with Crippen LogP contribution in [0, 0.1) is 0 Å². The van der Waals surface area contributed by atoms with Crippen molar-refractivity contribution in [2.24, 2.45) is 0 Å². The highest BCUT2D eigenvalue weighted by molar-refractivity contribution is 5.76. The van der Waals surface area contributed by atoms with Crippen LogP contribution in [-0.4, -0.2) is 37.6 Å². The summed E-state index contributed by atoms with van der Waals surface area (Å²) < 4.78 is 0. The van der Waals surface area contributed by atoms with Crippen molar-refractivity contribution in [1.82, 2.24) is 16.0 Å². The molecule has 1 saturated heterocycles. The van der Waals surface area contributed by atoms with E-state index in [4.69, 9.17) is 0 Å². The Morgan fingerprint density at radius 3 is 2.82 bits per heavy atom. The summed E-state index contributed by atoms with van der Waals surface area (Å²) in [7, 11) is 0. The topological polar surface area (TPSA) is 53.2 Å². The average Bonchev–Trinajstić information content (AvgIpc) is 3.11. The summed E-state index contributed by atoms with van der Waals surface area (Å²) in [6.07, 6.45) is 7.74. The Bertz CT molecular complexity index is 233. The van der Waals surface area contributed by atoms with Gasteiger partial charge >= 0.3 is 0 Å². The largest absolute Gasteiger partial charge is 0.353 e. The SMILES string of the molecule is O=C(CCCNC1CCCNCC1)NC1CC1. The zero-order valence-electron chi connectivity index (χ0n) is 10.6. The first-order valence-corrected chi connectivity index (χ1v) is 7.08. The van der Waals surface area contributed by atoms with Crippen LogP contribution in [0.25, 0.3) is 0 Å². The molecule has 1 aliphatic heterocycles. The lowest BCUT2D eigenvalue weighted by Crippen LogP contribution is -2.32. The van der Waals surface area contributed by atoms with Crippen LogP contribution in [0.5, 0.6) is 0 Å². The second-order valence-corrected chi connectivity index (χ2v) is 5.28.